The zero-order valence-electron chi connectivity index (χ0n) is 21.1. The van der Waals surface area contributed by atoms with E-state index >= 15 is 0 Å². The Bertz CT molecular complexity index is 1300. The number of nitrogens with two attached hydrogens (primary N) is 1. The highest BCUT2D eigenvalue weighted by atomic mass is 16.5. The molecule has 1 fully saturated rings. The van der Waals surface area contributed by atoms with E-state index < -0.39 is 0 Å². The summed E-state index contributed by atoms with van der Waals surface area (Å²) in [4.78, 5) is 22.6. The Balaban J connectivity index is 1.64. The molecule has 1 aromatic carbocycles. The summed E-state index contributed by atoms with van der Waals surface area (Å²) < 4.78 is 5.65. The fourth-order valence-electron chi connectivity index (χ4n) is 4.76. The largest absolute Gasteiger partial charge is 0.398 e. The molecule has 2 aromatic heterocycles. The molecule has 3 aromatic rings. The predicted molar refractivity (Wildman–Crippen MR) is 147 cm³/mol. The van der Waals surface area contributed by atoms with Gasteiger partial charge in [0, 0.05) is 50.0 Å². The van der Waals surface area contributed by atoms with Gasteiger partial charge in [-0.3, -0.25) is 9.98 Å². The monoisotopic (exact) mass is 500 g/mol. The van der Waals surface area contributed by atoms with Crippen LogP contribution in [0.25, 0.3) is 17.1 Å². The molecular weight excluding hydrogens is 468 g/mol. The van der Waals surface area contributed by atoms with Crippen molar-refractivity contribution in [1.29, 1.82) is 0 Å². The highest BCUT2D eigenvalue weighted by Gasteiger charge is 2.37. The van der Waals surface area contributed by atoms with Crippen molar-refractivity contribution in [3.8, 4) is 11.4 Å². The first-order valence-corrected chi connectivity index (χ1v) is 12.4. The Hall–Kier alpha value is -4.02. The Morgan fingerprint density at radius 1 is 1.24 bits per heavy atom. The van der Waals surface area contributed by atoms with Crippen LogP contribution in [0.3, 0.4) is 0 Å². The third-order valence-corrected chi connectivity index (χ3v) is 6.67. The number of nitrogens with one attached hydrogen (secondary N) is 1. The van der Waals surface area contributed by atoms with E-state index in [2.05, 4.69) is 32.0 Å². The van der Waals surface area contributed by atoms with Gasteiger partial charge in [0.2, 0.25) is 0 Å². The van der Waals surface area contributed by atoms with Gasteiger partial charge >= 0.3 is 0 Å². The summed E-state index contributed by atoms with van der Waals surface area (Å²) >= 11 is 0. The Labute approximate surface area is 216 Å². The van der Waals surface area contributed by atoms with Gasteiger partial charge < -0.3 is 30.7 Å². The van der Waals surface area contributed by atoms with E-state index in [0.717, 1.165) is 40.6 Å². The summed E-state index contributed by atoms with van der Waals surface area (Å²) in [5, 5.41) is 13.8. The van der Waals surface area contributed by atoms with Crippen LogP contribution in [0.2, 0.25) is 0 Å². The van der Waals surface area contributed by atoms with Crippen LogP contribution in [0.1, 0.15) is 24.2 Å². The number of rotatable bonds is 7. The molecule has 2 atom stereocenters. The molecule has 1 saturated heterocycles. The van der Waals surface area contributed by atoms with E-state index in [0.29, 0.717) is 31.3 Å². The average molecular weight is 501 g/mol. The molecule has 0 bridgehead atoms. The van der Waals surface area contributed by atoms with Crippen molar-refractivity contribution in [3.63, 3.8) is 0 Å². The lowest BCUT2D eigenvalue weighted by Gasteiger charge is -2.36. The molecule has 5 rings (SSSR count). The van der Waals surface area contributed by atoms with Gasteiger partial charge in [-0.2, -0.15) is 0 Å². The predicted octanol–water partition coefficient (Wildman–Crippen LogP) is 2.69. The number of allylic oxidation sites excluding steroid dienone is 1. The molecule has 4 heterocycles. The van der Waals surface area contributed by atoms with Gasteiger partial charge in [-0.05, 0) is 42.3 Å². The normalized spacial score (nSPS) is 19.8. The van der Waals surface area contributed by atoms with Crippen LogP contribution >= 0.6 is 0 Å². The van der Waals surface area contributed by atoms with Crippen molar-refractivity contribution in [3.05, 3.63) is 66.0 Å². The number of anilines is 3. The van der Waals surface area contributed by atoms with E-state index in [4.69, 9.17) is 20.4 Å². The van der Waals surface area contributed by atoms with Crippen LogP contribution in [-0.2, 0) is 4.74 Å². The zero-order valence-corrected chi connectivity index (χ0v) is 21.1. The van der Waals surface area contributed by atoms with Gasteiger partial charge in [-0.15, -0.1) is 0 Å². The van der Waals surface area contributed by atoms with Crippen LogP contribution in [-0.4, -0.2) is 72.3 Å². The molecule has 0 amide bonds. The zero-order chi connectivity index (χ0) is 25.8. The lowest BCUT2D eigenvalue weighted by molar-refractivity contribution is 0.0723. The molecule has 37 heavy (non-hydrogen) atoms. The average Bonchev–Trinajstić information content (AvgIpc) is 3.34. The number of aliphatic imine (C=N–C) groups is 1. The van der Waals surface area contributed by atoms with E-state index in [-0.39, 0.29) is 18.8 Å². The summed E-state index contributed by atoms with van der Waals surface area (Å²) in [6, 6.07) is 11.7. The first kappa shape index (κ1) is 24.7. The molecule has 2 aliphatic rings. The van der Waals surface area contributed by atoms with E-state index in [1.165, 1.54) is 0 Å². The second-order valence-electron chi connectivity index (χ2n) is 8.90. The van der Waals surface area contributed by atoms with Crippen molar-refractivity contribution in [2.75, 3.05) is 55.1 Å². The van der Waals surface area contributed by atoms with Crippen molar-refractivity contribution in [1.82, 2.24) is 15.0 Å². The molecule has 192 valence electrons. The maximum atomic E-state index is 10.1. The number of fused-ring (bicyclic) bond motifs is 1. The van der Waals surface area contributed by atoms with Crippen molar-refractivity contribution >= 4 is 29.2 Å². The fourth-order valence-corrected chi connectivity index (χ4v) is 4.76. The van der Waals surface area contributed by atoms with Crippen molar-refractivity contribution in [2.24, 2.45) is 10.7 Å². The van der Waals surface area contributed by atoms with Crippen LogP contribution < -0.4 is 20.9 Å². The van der Waals surface area contributed by atoms with Gasteiger partial charge in [-0.25, -0.2) is 9.97 Å². The van der Waals surface area contributed by atoms with Gasteiger partial charge in [0.1, 0.15) is 11.9 Å². The minimum atomic E-state index is -0.198. The Kier molecular flexibility index (Phi) is 7.29. The minimum absolute atomic E-state index is 0.0326. The summed E-state index contributed by atoms with van der Waals surface area (Å²) in [5.41, 5.74) is 10.5. The summed E-state index contributed by atoms with van der Waals surface area (Å²) in [6.07, 6.45) is 6.92. The first-order chi connectivity index (χ1) is 18.1. The molecule has 0 radical (unpaired) electrons. The second kappa shape index (κ2) is 10.9. The van der Waals surface area contributed by atoms with Crippen molar-refractivity contribution in [2.45, 2.75) is 19.1 Å². The smallest absolute Gasteiger partial charge is 0.164 e. The Morgan fingerprint density at radius 3 is 2.81 bits per heavy atom. The number of aliphatic hydroxyl groups excluding tert-OH is 1. The quantitative estimate of drug-likeness (QED) is 0.420. The number of hydrogen-bond donors (Lipinski definition) is 3. The van der Waals surface area contributed by atoms with Crippen molar-refractivity contribution < 1.29 is 9.84 Å². The standard InChI is InChI=1S/C27H32N8O2/c1-3-34-25(18-7-11-30-12-8-18)31-23-26(34)32-24(33-27(23)35-13-14-37-17-21(35)16-36)20-6-4-5-19(15-20)22(28)9-10-29-2/h4-12,15,21,25,31,36H,3,13-14,16-17,28H2,1-2H3/b22-9-,29-10?. The number of pyridine rings is 1. The molecule has 4 N–H and O–H groups in total. The molecule has 2 unspecified atom stereocenters. The molecule has 0 aliphatic carbocycles. The number of hydrogen-bond acceptors (Lipinski definition) is 10. The summed E-state index contributed by atoms with van der Waals surface area (Å²) in [7, 11) is 1.71. The number of morpholine rings is 1. The van der Waals surface area contributed by atoms with E-state index in [1.807, 2.05) is 36.4 Å². The number of ether oxygens (including phenoxy) is 1. The first-order valence-electron chi connectivity index (χ1n) is 12.4. The number of nitrogens with zero attached hydrogens (tertiary/aromatic N) is 6. The molecule has 0 saturated carbocycles. The van der Waals surface area contributed by atoms with Crippen LogP contribution in [0.5, 0.6) is 0 Å². The highest BCUT2D eigenvalue weighted by Crippen LogP contribution is 2.46. The molecule has 10 nitrogen and oxygen atoms in total. The van der Waals surface area contributed by atoms with Gasteiger partial charge in [0.05, 0.1) is 25.9 Å². The topological polar surface area (TPSA) is 125 Å². The van der Waals surface area contributed by atoms with Gasteiger partial charge in [0.15, 0.2) is 17.5 Å². The van der Waals surface area contributed by atoms with Gasteiger partial charge in [-0.1, -0.05) is 18.2 Å². The van der Waals surface area contributed by atoms with E-state index in [9.17, 15) is 5.11 Å². The summed E-state index contributed by atoms with van der Waals surface area (Å²) in [6.45, 7) is 4.43. The second-order valence-corrected chi connectivity index (χ2v) is 8.90. The number of aliphatic hydroxyl groups is 1. The van der Waals surface area contributed by atoms with Crippen LogP contribution in [0.4, 0.5) is 17.3 Å². The maximum absolute atomic E-state index is 10.1. The third-order valence-electron chi connectivity index (χ3n) is 6.67. The molecule has 2 aliphatic heterocycles. The Morgan fingerprint density at radius 2 is 2.05 bits per heavy atom. The fraction of sp³-hybridized carbons (Fsp3) is 0.333. The SMILES string of the molecule is CCN1c2nc(-c3cccc(/C(N)=C/C=NC)c3)nc(N3CCOCC3CO)c2NC1c1ccncc1. The molecular formula is C27H32N8O2. The van der Waals surface area contributed by atoms with Crippen LogP contribution in [0.15, 0.2) is 59.9 Å². The lowest BCUT2D eigenvalue weighted by atomic mass is 10.1. The number of benzene rings is 1. The van der Waals surface area contributed by atoms with Gasteiger partial charge in [0.25, 0.3) is 0 Å². The highest BCUT2D eigenvalue weighted by molar-refractivity contribution is 5.87. The van der Waals surface area contributed by atoms with E-state index in [1.54, 1.807) is 31.7 Å². The molecule has 0 spiro atoms. The maximum Gasteiger partial charge on any atom is 0.164 e. The third kappa shape index (κ3) is 4.85. The lowest BCUT2D eigenvalue weighted by Crippen LogP contribution is -2.48. The number of aromatic nitrogens is 3. The van der Waals surface area contributed by atoms with Crippen LogP contribution in [0, 0.1) is 0 Å². The minimum Gasteiger partial charge on any atom is -0.398 e. The molecule has 10 heteroatoms. The summed E-state index contributed by atoms with van der Waals surface area (Å²) in [5.74, 6) is 2.16.